The molecule has 2 N–H and O–H groups in total. The fraction of sp³-hybridized carbons (Fsp3) is 0.412. The fourth-order valence-corrected chi connectivity index (χ4v) is 3.88. The van der Waals surface area contributed by atoms with Crippen molar-refractivity contribution in [2.75, 3.05) is 6.54 Å². The van der Waals surface area contributed by atoms with Crippen molar-refractivity contribution in [1.82, 2.24) is 9.88 Å². The molecule has 1 amide bonds. The van der Waals surface area contributed by atoms with Gasteiger partial charge < -0.3 is 10.6 Å². The minimum Gasteiger partial charge on any atom is -0.334 e. The molecule has 0 radical (unpaired) electrons. The molecule has 1 saturated heterocycles. The van der Waals surface area contributed by atoms with Crippen molar-refractivity contribution in [2.24, 2.45) is 5.73 Å². The predicted molar refractivity (Wildman–Crippen MR) is 89.0 cm³/mol. The molecule has 3 rings (SSSR count). The van der Waals surface area contributed by atoms with Crippen LogP contribution in [0.25, 0.3) is 0 Å². The zero-order valence-electron chi connectivity index (χ0n) is 13.0. The van der Waals surface area contributed by atoms with E-state index in [1.165, 1.54) is 22.5 Å². The van der Waals surface area contributed by atoms with Crippen molar-refractivity contribution in [3.8, 4) is 0 Å². The molecule has 1 aromatic carbocycles. The summed E-state index contributed by atoms with van der Waals surface area (Å²) in [5.74, 6) is 0.437. The average molecular weight is 315 g/mol. The summed E-state index contributed by atoms with van der Waals surface area (Å²) in [6.07, 6.45) is 1.00. The van der Waals surface area contributed by atoms with E-state index in [9.17, 15) is 4.79 Å². The molecule has 1 aliphatic rings. The van der Waals surface area contributed by atoms with Crippen molar-refractivity contribution >= 4 is 17.2 Å². The second-order valence-corrected chi connectivity index (χ2v) is 6.87. The van der Waals surface area contributed by atoms with Crippen LogP contribution in [0.3, 0.4) is 0 Å². The number of hydrogen-bond acceptors (Lipinski definition) is 4. The van der Waals surface area contributed by atoms with Crippen molar-refractivity contribution in [3.05, 3.63) is 51.5 Å². The normalized spacial score (nSPS) is 21.3. The molecule has 2 atom stereocenters. The van der Waals surface area contributed by atoms with Gasteiger partial charge in [0, 0.05) is 30.4 Å². The molecule has 1 fully saturated rings. The van der Waals surface area contributed by atoms with E-state index >= 15 is 0 Å². The maximum atomic E-state index is 12.7. The van der Waals surface area contributed by atoms with Gasteiger partial charge in [0.25, 0.3) is 5.91 Å². The molecule has 1 aromatic heterocycles. The van der Waals surface area contributed by atoms with Gasteiger partial charge in [0.2, 0.25) is 0 Å². The second kappa shape index (κ2) is 6.18. The number of amides is 1. The summed E-state index contributed by atoms with van der Waals surface area (Å²) in [5.41, 5.74) is 8.76. The summed E-state index contributed by atoms with van der Waals surface area (Å²) >= 11 is 1.45. The smallest absolute Gasteiger partial charge is 0.273 e. The van der Waals surface area contributed by atoms with E-state index in [4.69, 9.17) is 5.73 Å². The molecule has 2 heterocycles. The van der Waals surface area contributed by atoms with E-state index in [0.29, 0.717) is 18.2 Å². The van der Waals surface area contributed by atoms with Gasteiger partial charge >= 0.3 is 0 Å². The van der Waals surface area contributed by atoms with Crippen LogP contribution in [0.5, 0.6) is 0 Å². The van der Waals surface area contributed by atoms with Gasteiger partial charge in [-0.3, -0.25) is 4.79 Å². The quantitative estimate of drug-likeness (QED) is 0.947. The van der Waals surface area contributed by atoms with E-state index < -0.39 is 0 Å². The number of rotatable bonds is 3. The molecular weight excluding hydrogens is 294 g/mol. The third-order valence-corrected chi connectivity index (χ3v) is 5.28. The first kappa shape index (κ1) is 15.2. The van der Waals surface area contributed by atoms with Gasteiger partial charge in [0.1, 0.15) is 10.7 Å². The largest absolute Gasteiger partial charge is 0.334 e. The predicted octanol–water partition coefficient (Wildman–Crippen LogP) is 2.93. The minimum absolute atomic E-state index is 0.0273. The Kier molecular flexibility index (Phi) is 4.27. The lowest BCUT2D eigenvalue weighted by Crippen LogP contribution is -2.34. The lowest BCUT2D eigenvalue weighted by Gasteiger charge is -2.20. The topological polar surface area (TPSA) is 59.2 Å². The van der Waals surface area contributed by atoms with Crippen LogP contribution in [0.2, 0.25) is 0 Å². The molecule has 0 spiro atoms. The third-order valence-electron chi connectivity index (χ3n) is 4.41. The lowest BCUT2D eigenvalue weighted by atomic mass is 9.93. The minimum atomic E-state index is 0.0273. The zero-order valence-corrected chi connectivity index (χ0v) is 13.8. The number of nitrogens with zero attached hydrogens (tertiary/aromatic N) is 2. The Balaban J connectivity index is 1.78. The number of hydrogen-bond donors (Lipinski definition) is 1. The SMILES string of the molecule is Cc1ccccc1C1CC(C)N(C(=O)c2csc(CN)n2)C1. The van der Waals surface area contributed by atoms with Crippen LogP contribution in [0.4, 0.5) is 0 Å². The number of likely N-dealkylation sites (tertiary alicyclic amines) is 1. The second-order valence-electron chi connectivity index (χ2n) is 5.93. The Hall–Kier alpha value is -1.72. The number of thiazole rings is 1. The zero-order chi connectivity index (χ0) is 15.7. The highest BCUT2D eigenvalue weighted by molar-refractivity contribution is 7.09. The summed E-state index contributed by atoms with van der Waals surface area (Å²) in [6, 6.07) is 8.68. The van der Waals surface area contributed by atoms with Gasteiger partial charge in [-0.25, -0.2) is 4.98 Å². The first-order valence-corrected chi connectivity index (χ1v) is 8.49. The molecule has 22 heavy (non-hydrogen) atoms. The first-order chi connectivity index (χ1) is 10.6. The van der Waals surface area contributed by atoms with Crippen molar-refractivity contribution in [3.63, 3.8) is 0 Å². The summed E-state index contributed by atoms with van der Waals surface area (Å²) in [5, 5.41) is 2.63. The number of carbonyl (C=O) groups excluding carboxylic acids is 1. The Bertz CT molecular complexity index is 682. The van der Waals surface area contributed by atoms with E-state index in [1.807, 2.05) is 10.3 Å². The number of aryl methyl sites for hydroxylation is 1. The van der Waals surface area contributed by atoms with Gasteiger partial charge in [-0.05, 0) is 31.4 Å². The summed E-state index contributed by atoms with van der Waals surface area (Å²) in [4.78, 5) is 19.0. The van der Waals surface area contributed by atoms with Gasteiger partial charge in [-0.2, -0.15) is 0 Å². The standard InChI is InChI=1S/C17H21N3OS/c1-11-5-3-4-6-14(11)13-7-12(2)20(9-13)17(21)15-10-22-16(8-18)19-15/h3-6,10,12-13H,7-9,18H2,1-2H3. The molecule has 0 saturated carbocycles. The molecule has 2 aromatic rings. The number of benzene rings is 1. The average Bonchev–Trinajstić information content (AvgIpc) is 3.13. The maximum absolute atomic E-state index is 12.7. The van der Waals surface area contributed by atoms with Crippen LogP contribution in [-0.4, -0.2) is 28.4 Å². The highest BCUT2D eigenvalue weighted by Gasteiger charge is 2.34. The van der Waals surface area contributed by atoms with Crippen LogP contribution < -0.4 is 5.73 Å². The molecular formula is C17H21N3OS. The highest BCUT2D eigenvalue weighted by Crippen LogP contribution is 2.34. The molecule has 5 heteroatoms. The summed E-state index contributed by atoms with van der Waals surface area (Å²) in [7, 11) is 0. The Morgan fingerprint density at radius 2 is 2.23 bits per heavy atom. The highest BCUT2D eigenvalue weighted by atomic mass is 32.1. The van der Waals surface area contributed by atoms with Crippen LogP contribution >= 0.6 is 11.3 Å². The molecule has 0 bridgehead atoms. The first-order valence-electron chi connectivity index (χ1n) is 7.61. The molecule has 0 aliphatic carbocycles. The maximum Gasteiger partial charge on any atom is 0.273 e. The van der Waals surface area contributed by atoms with Gasteiger partial charge in [-0.1, -0.05) is 24.3 Å². The fourth-order valence-electron chi connectivity index (χ4n) is 3.23. The van der Waals surface area contributed by atoms with Crippen LogP contribution in [0.15, 0.2) is 29.6 Å². The summed E-state index contributed by atoms with van der Waals surface area (Å²) < 4.78 is 0. The van der Waals surface area contributed by atoms with E-state index in [2.05, 4.69) is 43.1 Å². The monoisotopic (exact) mass is 315 g/mol. The van der Waals surface area contributed by atoms with Crippen molar-refractivity contribution in [1.29, 1.82) is 0 Å². The molecule has 116 valence electrons. The van der Waals surface area contributed by atoms with Gasteiger partial charge in [0.15, 0.2) is 0 Å². The van der Waals surface area contributed by atoms with E-state index in [-0.39, 0.29) is 11.9 Å². The van der Waals surface area contributed by atoms with Crippen LogP contribution in [0.1, 0.15) is 45.9 Å². The summed E-state index contributed by atoms with van der Waals surface area (Å²) in [6.45, 7) is 5.41. The number of carbonyl (C=O) groups is 1. The lowest BCUT2D eigenvalue weighted by molar-refractivity contribution is 0.0740. The van der Waals surface area contributed by atoms with Crippen molar-refractivity contribution in [2.45, 2.75) is 38.8 Å². The third kappa shape index (κ3) is 2.78. The van der Waals surface area contributed by atoms with Gasteiger partial charge in [0.05, 0.1) is 0 Å². The Labute approximate surface area is 135 Å². The van der Waals surface area contributed by atoms with Crippen LogP contribution in [0, 0.1) is 6.92 Å². The Morgan fingerprint density at radius 1 is 1.45 bits per heavy atom. The van der Waals surface area contributed by atoms with Crippen molar-refractivity contribution < 1.29 is 4.79 Å². The molecule has 2 unspecified atom stereocenters. The van der Waals surface area contributed by atoms with Crippen LogP contribution in [-0.2, 0) is 6.54 Å². The number of aromatic nitrogens is 1. The van der Waals surface area contributed by atoms with E-state index in [1.54, 1.807) is 0 Å². The van der Waals surface area contributed by atoms with E-state index in [0.717, 1.165) is 18.0 Å². The molecule has 4 nitrogen and oxygen atoms in total. The van der Waals surface area contributed by atoms with Gasteiger partial charge in [-0.15, -0.1) is 11.3 Å². The Morgan fingerprint density at radius 3 is 2.91 bits per heavy atom. The molecule has 1 aliphatic heterocycles. The number of nitrogens with two attached hydrogens (primary N) is 1.